The van der Waals surface area contributed by atoms with Gasteiger partial charge >= 0.3 is 5.97 Å². The van der Waals surface area contributed by atoms with E-state index in [1.807, 2.05) is 0 Å². The highest BCUT2D eigenvalue weighted by atomic mass is 32.2. The first-order valence-electron chi connectivity index (χ1n) is 6.16. The van der Waals surface area contributed by atoms with E-state index in [9.17, 15) is 14.1 Å². The Morgan fingerprint density at radius 3 is 2.19 bits per heavy atom. The van der Waals surface area contributed by atoms with Crippen LogP contribution < -0.4 is 9.47 Å². The van der Waals surface area contributed by atoms with Crippen molar-refractivity contribution in [2.24, 2.45) is 4.40 Å². The van der Waals surface area contributed by atoms with E-state index < -0.39 is 21.7 Å². The molecule has 0 aliphatic heterocycles. The average Bonchev–Trinajstić information content (AvgIpc) is 2.42. The van der Waals surface area contributed by atoms with Gasteiger partial charge in [0.25, 0.3) is 0 Å². The van der Waals surface area contributed by atoms with Crippen LogP contribution in [0.5, 0.6) is 11.5 Å². The van der Waals surface area contributed by atoms with Gasteiger partial charge in [-0.1, -0.05) is 0 Å². The van der Waals surface area contributed by atoms with Crippen molar-refractivity contribution >= 4 is 23.2 Å². The highest BCUT2D eigenvalue weighted by Gasteiger charge is 2.19. The first kappa shape index (κ1) is 17.2. The fourth-order valence-electron chi connectivity index (χ4n) is 1.45. The SMILES string of the molecule is COc1cc(C=N[S@@](=O)C(C)(C)C)c(C(=O)O)cc1OC. The molecule has 0 bridgehead atoms. The molecule has 1 aromatic rings. The molecular weight excluding hydrogens is 294 g/mol. The summed E-state index contributed by atoms with van der Waals surface area (Å²) in [7, 11) is 1.40. The zero-order valence-corrected chi connectivity index (χ0v) is 13.5. The Hall–Kier alpha value is -1.89. The molecule has 0 fully saturated rings. The molecule has 0 aromatic heterocycles. The van der Waals surface area contributed by atoms with Gasteiger partial charge in [-0.15, -0.1) is 0 Å². The van der Waals surface area contributed by atoms with Crippen LogP contribution in [0.1, 0.15) is 36.7 Å². The molecule has 116 valence electrons. The van der Waals surface area contributed by atoms with Gasteiger partial charge in [-0.3, -0.25) is 0 Å². The summed E-state index contributed by atoms with van der Waals surface area (Å²) in [4.78, 5) is 11.3. The second-order valence-corrected chi connectivity index (χ2v) is 7.13. The van der Waals surface area contributed by atoms with Crippen LogP contribution >= 0.6 is 0 Å². The fourth-order valence-corrected chi connectivity index (χ4v) is 1.98. The molecule has 0 saturated heterocycles. The predicted molar refractivity (Wildman–Crippen MR) is 82.0 cm³/mol. The summed E-state index contributed by atoms with van der Waals surface area (Å²) in [5.74, 6) is -0.437. The number of nitrogens with zero attached hydrogens (tertiary/aromatic N) is 1. The average molecular weight is 313 g/mol. The molecule has 0 unspecified atom stereocenters. The lowest BCUT2D eigenvalue weighted by Crippen LogP contribution is -2.19. The van der Waals surface area contributed by atoms with Crippen LogP contribution in [-0.2, 0) is 11.0 Å². The monoisotopic (exact) mass is 313 g/mol. The number of carboxylic acid groups (broad SMARTS) is 1. The zero-order valence-electron chi connectivity index (χ0n) is 12.7. The topological polar surface area (TPSA) is 85.2 Å². The molecule has 1 rings (SSSR count). The van der Waals surface area contributed by atoms with E-state index in [2.05, 4.69) is 4.40 Å². The maximum atomic E-state index is 11.9. The van der Waals surface area contributed by atoms with Crippen molar-refractivity contribution in [2.75, 3.05) is 14.2 Å². The van der Waals surface area contributed by atoms with Crippen molar-refractivity contribution in [3.8, 4) is 11.5 Å². The lowest BCUT2D eigenvalue weighted by Gasteiger charge is -2.13. The largest absolute Gasteiger partial charge is 0.493 e. The highest BCUT2D eigenvalue weighted by molar-refractivity contribution is 7.85. The smallest absolute Gasteiger partial charge is 0.336 e. The maximum Gasteiger partial charge on any atom is 0.336 e. The number of carbonyl (C=O) groups is 1. The fraction of sp³-hybridized carbons (Fsp3) is 0.429. The Morgan fingerprint density at radius 2 is 1.76 bits per heavy atom. The summed E-state index contributed by atoms with van der Waals surface area (Å²) in [6.07, 6.45) is 1.28. The molecule has 1 N–H and O–H groups in total. The number of hydrogen-bond donors (Lipinski definition) is 1. The van der Waals surface area contributed by atoms with E-state index in [-0.39, 0.29) is 5.56 Å². The molecule has 0 amide bonds. The molecule has 0 aliphatic rings. The molecule has 1 atom stereocenters. The Labute approximate surface area is 126 Å². The van der Waals surface area contributed by atoms with Crippen molar-refractivity contribution in [1.29, 1.82) is 0 Å². The molecule has 0 aliphatic carbocycles. The van der Waals surface area contributed by atoms with Crippen LogP contribution in [0.25, 0.3) is 0 Å². The summed E-state index contributed by atoms with van der Waals surface area (Å²) in [5.41, 5.74) is 0.306. The van der Waals surface area contributed by atoms with Gasteiger partial charge in [0.05, 0.1) is 24.5 Å². The normalized spacial score (nSPS) is 13.2. The van der Waals surface area contributed by atoms with Crippen LogP contribution in [0, 0.1) is 0 Å². The van der Waals surface area contributed by atoms with Crippen molar-refractivity contribution in [1.82, 2.24) is 0 Å². The van der Waals surface area contributed by atoms with Crippen LogP contribution in [0.2, 0.25) is 0 Å². The third-order valence-corrected chi connectivity index (χ3v) is 3.94. The second-order valence-electron chi connectivity index (χ2n) is 5.20. The quantitative estimate of drug-likeness (QED) is 0.843. The van der Waals surface area contributed by atoms with Crippen molar-refractivity contribution in [2.45, 2.75) is 25.5 Å². The Balaban J connectivity index is 3.31. The second kappa shape index (κ2) is 6.71. The van der Waals surface area contributed by atoms with Crippen molar-refractivity contribution < 1.29 is 23.6 Å². The van der Waals surface area contributed by atoms with Gasteiger partial charge in [0, 0.05) is 11.8 Å². The van der Waals surface area contributed by atoms with Crippen LogP contribution in [-0.4, -0.2) is 40.5 Å². The Bertz CT molecular complexity index is 590. The van der Waals surface area contributed by atoms with E-state index in [1.54, 1.807) is 20.8 Å². The lowest BCUT2D eigenvalue weighted by atomic mass is 10.1. The van der Waals surface area contributed by atoms with Gasteiger partial charge in [0.15, 0.2) is 11.5 Å². The third-order valence-electron chi connectivity index (χ3n) is 2.60. The van der Waals surface area contributed by atoms with Crippen molar-refractivity contribution in [3.05, 3.63) is 23.3 Å². The molecule has 0 heterocycles. The third kappa shape index (κ3) is 4.29. The van der Waals surface area contributed by atoms with Crippen LogP contribution in [0.15, 0.2) is 16.5 Å². The number of benzene rings is 1. The molecule has 1 aromatic carbocycles. The summed E-state index contributed by atoms with van der Waals surface area (Å²) < 4.78 is 25.5. The van der Waals surface area contributed by atoms with Gasteiger partial charge in [0.1, 0.15) is 11.0 Å². The minimum atomic E-state index is -1.47. The Morgan fingerprint density at radius 1 is 1.24 bits per heavy atom. The summed E-state index contributed by atoms with van der Waals surface area (Å²) in [5, 5.41) is 9.24. The van der Waals surface area contributed by atoms with E-state index in [0.717, 1.165) is 0 Å². The summed E-state index contributed by atoms with van der Waals surface area (Å²) in [6.45, 7) is 5.35. The number of hydrogen-bond acceptors (Lipinski definition) is 4. The molecular formula is C14H19NO5S. The maximum absolute atomic E-state index is 11.9. The number of ether oxygens (including phenoxy) is 2. The standard InChI is InChI=1S/C14H19NO5S/c1-14(2,3)21(18)15-8-9-6-11(19-4)12(20-5)7-10(9)13(16)17/h6-8H,1-5H3,(H,16,17)/t21-/m0/s1. The highest BCUT2D eigenvalue weighted by Crippen LogP contribution is 2.30. The van der Waals surface area contributed by atoms with Gasteiger partial charge in [-0.25, -0.2) is 9.00 Å². The molecule has 0 spiro atoms. The van der Waals surface area contributed by atoms with Gasteiger partial charge in [-0.2, -0.15) is 4.40 Å². The van der Waals surface area contributed by atoms with E-state index in [0.29, 0.717) is 17.1 Å². The first-order valence-corrected chi connectivity index (χ1v) is 7.26. The zero-order chi connectivity index (χ0) is 16.2. The minimum Gasteiger partial charge on any atom is -0.493 e. The van der Waals surface area contributed by atoms with Crippen LogP contribution in [0.4, 0.5) is 0 Å². The van der Waals surface area contributed by atoms with Gasteiger partial charge < -0.3 is 14.6 Å². The van der Waals surface area contributed by atoms with Gasteiger partial charge in [0.2, 0.25) is 0 Å². The molecule has 21 heavy (non-hydrogen) atoms. The summed E-state index contributed by atoms with van der Waals surface area (Å²) in [6, 6.07) is 2.84. The lowest BCUT2D eigenvalue weighted by molar-refractivity contribution is 0.0696. The molecule has 6 nitrogen and oxygen atoms in total. The number of carboxylic acids is 1. The minimum absolute atomic E-state index is 0.00214. The number of methoxy groups -OCH3 is 2. The Kier molecular flexibility index (Phi) is 5.48. The van der Waals surface area contributed by atoms with E-state index >= 15 is 0 Å². The summed E-state index contributed by atoms with van der Waals surface area (Å²) >= 11 is 0. The van der Waals surface area contributed by atoms with E-state index in [4.69, 9.17) is 9.47 Å². The van der Waals surface area contributed by atoms with E-state index in [1.165, 1.54) is 32.6 Å². The number of rotatable bonds is 5. The molecule has 7 heteroatoms. The molecule has 0 radical (unpaired) electrons. The molecule has 0 saturated carbocycles. The number of aromatic carboxylic acids is 1. The van der Waals surface area contributed by atoms with Crippen LogP contribution in [0.3, 0.4) is 0 Å². The van der Waals surface area contributed by atoms with Crippen molar-refractivity contribution in [3.63, 3.8) is 0 Å². The first-order chi connectivity index (χ1) is 9.70. The van der Waals surface area contributed by atoms with Gasteiger partial charge in [-0.05, 0) is 32.9 Å². The predicted octanol–water partition coefficient (Wildman–Crippen LogP) is 2.28.